The van der Waals surface area contributed by atoms with Gasteiger partial charge in [-0.3, -0.25) is 4.79 Å². The molecule has 1 rings (SSSR count). The number of carbonyl (C=O) groups excluding carboxylic acids is 1. The first kappa shape index (κ1) is 8.47. The summed E-state index contributed by atoms with van der Waals surface area (Å²) in [5.41, 5.74) is -0.213. The summed E-state index contributed by atoms with van der Waals surface area (Å²) in [7, 11) is 0. The van der Waals surface area contributed by atoms with Crippen LogP contribution >= 0.6 is 0 Å². The zero-order valence-electron chi connectivity index (χ0n) is 7.26. The highest BCUT2D eigenvalue weighted by Gasteiger charge is 2.51. The Balaban J connectivity index is 2.40. The zero-order valence-corrected chi connectivity index (χ0v) is 7.26. The van der Waals surface area contributed by atoms with Crippen molar-refractivity contribution < 1.29 is 9.53 Å². The molecule has 0 N–H and O–H groups in total. The molecule has 0 aliphatic carbocycles. The average Bonchev–Trinajstić information content (AvgIpc) is 2.55. The summed E-state index contributed by atoms with van der Waals surface area (Å²) in [6, 6.07) is 0. The molecular formula is C9H14O2. The normalized spacial score (nSPS) is 27.4. The molecule has 62 valence electrons. The topological polar surface area (TPSA) is 29.6 Å². The summed E-state index contributed by atoms with van der Waals surface area (Å²) < 4.78 is 5.16. The Hall–Kier alpha value is -0.630. The molecule has 2 nitrogen and oxygen atoms in total. The standard InChI is InChI=1S/C9H14O2/c1-4-5-6-7(10)8-9(2,3)11-8/h5-6,8H,4H2,1-3H3/b6-5+. The van der Waals surface area contributed by atoms with E-state index in [-0.39, 0.29) is 17.5 Å². The maximum Gasteiger partial charge on any atom is 0.187 e. The van der Waals surface area contributed by atoms with Crippen LogP contribution in [0.15, 0.2) is 12.2 Å². The fourth-order valence-electron chi connectivity index (χ4n) is 0.992. The molecule has 1 heterocycles. The first-order valence-electron chi connectivity index (χ1n) is 3.96. The summed E-state index contributed by atoms with van der Waals surface area (Å²) in [6.45, 7) is 5.85. The van der Waals surface area contributed by atoms with Gasteiger partial charge in [-0.15, -0.1) is 0 Å². The molecule has 0 bridgehead atoms. The molecular weight excluding hydrogens is 140 g/mol. The van der Waals surface area contributed by atoms with Crippen LogP contribution in [0.3, 0.4) is 0 Å². The minimum atomic E-state index is -0.213. The van der Waals surface area contributed by atoms with Crippen molar-refractivity contribution in [3.05, 3.63) is 12.2 Å². The Morgan fingerprint density at radius 2 is 2.18 bits per heavy atom. The molecule has 2 heteroatoms. The molecule has 1 aliphatic heterocycles. The summed E-state index contributed by atoms with van der Waals surface area (Å²) in [5, 5.41) is 0. The van der Waals surface area contributed by atoms with E-state index in [1.807, 2.05) is 26.8 Å². The van der Waals surface area contributed by atoms with Crippen molar-refractivity contribution in [2.75, 3.05) is 0 Å². The lowest BCUT2D eigenvalue weighted by atomic mass is 10.1. The number of epoxide rings is 1. The van der Waals surface area contributed by atoms with Crippen LogP contribution in [0.2, 0.25) is 0 Å². The van der Waals surface area contributed by atoms with Crippen LogP contribution in [-0.2, 0) is 9.53 Å². The number of rotatable bonds is 3. The quantitative estimate of drug-likeness (QED) is 0.457. The molecule has 0 radical (unpaired) electrons. The highest BCUT2D eigenvalue weighted by Crippen LogP contribution is 2.35. The number of hydrogen-bond acceptors (Lipinski definition) is 2. The highest BCUT2D eigenvalue weighted by molar-refractivity contribution is 5.96. The van der Waals surface area contributed by atoms with Crippen molar-refractivity contribution in [3.63, 3.8) is 0 Å². The lowest BCUT2D eigenvalue weighted by Crippen LogP contribution is -2.11. The van der Waals surface area contributed by atoms with E-state index in [0.717, 1.165) is 6.42 Å². The summed E-state index contributed by atoms with van der Waals surface area (Å²) in [4.78, 5) is 11.2. The van der Waals surface area contributed by atoms with Crippen LogP contribution in [0, 0.1) is 0 Å². The lowest BCUT2D eigenvalue weighted by molar-refractivity contribution is -0.115. The molecule has 0 aromatic carbocycles. The number of ketones is 1. The fraction of sp³-hybridized carbons (Fsp3) is 0.667. The number of allylic oxidation sites excluding steroid dienone is 1. The second-order valence-corrected chi connectivity index (χ2v) is 3.31. The van der Waals surface area contributed by atoms with Crippen LogP contribution in [0.4, 0.5) is 0 Å². The van der Waals surface area contributed by atoms with Crippen molar-refractivity contribution in [2.45, 2.75) is 38.9 Å². The molecule has 0 aromatic heterocycles. The van der Waals surface area contributed by atoms with Gasteiger partial charge in [-0.25, -0.2) is 0 Å². The number of carbonyl (C=O) groups is 1. The predicted octanol–water partition coefficient (Wildman–Crippen LogP) is 1.70. The van der Waals surface area contributed by atoms with Gasteiger partial charge in [-0.05, 0) is 26.3 Å². The van der Waals surface area contributed by atoms with Crippen molar-refractivity contribution in [1.29, 1.82) is 0 Å². The molecule has 1 aliphatic rings. The molecule has 1 atom stereocenters. The molecule has 0 aromatic rings. The average molecular weight is 154 g/mol. The summed E-state index contributed by atoms with van der Waals surface area (Å²) in [6.07, 6.45) is 4.18. The molecule has 1 saturated heterocycles. The second kappa shape index (κ2) is 2.78. The van der Waals surface area contributed by atoms with Crippen LogP contribution in [0.1, 0.15) is 27.2 Å². The molecule has 0 spiro atoms. The van der Waals surface area contributed by atoms with Crippen LogP contribution in [0.5, 0.6) is 0 Å². The van der Waals surface area contributed by atoms with E-state index in [0.29, 0.717) is 0 Å². The Labute approximate surface area is 67.2 Å². The van der Waals surface area contributed by atoms with Gasteiger partial charge in [-0.1, -0.05) is 13.0 Å². The fourth-order valence-corrected chi connectivity index (χ4v) is 0.992. The van der Waals surface area contributed by atoms with Gasteiger partial charge >= 0.3 is 0 Å². The third-order valence-corrected chi connectivity index (χ3v) is 1.77. The maximum atomic E-state index is 11.2. The summed E-state index contributed by atoms with van der Waals surface area (Å²) in [5.74, 6) is 0.0943. The molecule has 1 unspecified atom stereocenters. The first-order valence-corrected chi connectivity index (χ1v) is 3.96. The maximum absolute atomic E-state index is 11.2. The van der Waals surface area contributed by atoms with Gasteiger partial charge in [0.15, 0.2) is 5.78 Å². The van der Waals surface area contributed by atoms with E-state index in [9.17, 15) is 4.79 Å². The molecule has 11 heavy (non-hydrogen) atoms. The SMILES string of the molecule is CC/C=C/C(=O)C1OC1(C)C. The molecule has 0 saturated carbocycles. The molecule has 1 fully saturated rings. The van der Waals surface area contributed by atoms with Crippen molar-refractivity contribution in [2.24, 2.45) is 0 Å². The second-order valence-electron chi connectivity index (χ2n) is 3.31. The van der Waals surface area contributed by atoms with E-state index < -0.39 is 0 Å². The largest absolute Gasteiger partial charge is 0.358 e. The minimum Gasteiger partial charge on any atom is -0.358 e. The summed E-state index contributed by atoms with van der Waals surface area (Å²) >= 11 is 0. The van der Waals surface area contributed by atoms with E-state index >= 15 is 0 Å². The van der Waals surface area contributed by atoms with Crippen LogP contribution in [0.25, 0.3) is 0 Å². The van der Waals surface area contributed by atoms with Gasteiger partial charge in [0.25, 0.3) is 0 Å². The van der Waals surface area contributed by atoms with Gasteiger partial charge in [0.1, 0.15) is 6.10 Å². The van der Waals surface area contributed by atoms with E-state index in [1.54, 1.807) is 6.08 Å². The first-order chi connectivity index (χ1) is 5.08. The van der Waals surface area contributed by atoms with E-state index in [2.05, 4.69) is 0 Å². The van der Waals surface area contributed by atoms with Gasteiger partial charge in [0, 0.05) is 0 Å². The molecule has 0 amide bonds. The van der Waals surface area contributed by atoms with Gasteiger partial charge < -0.3 is 4.74 Å². The monoisotopic (exact) mass is 154 g/mol. The van der Waals surface area contributed by atoms with Crippen molar-refractivity contribution >= 4 is 5.78 Å². The zero-order chi connectivity index (χ0) is 8.48. The van der Waals surface area contributed by atoms with Gasteiger partial charge in [0.05, 0.1) is 5.60 Å². The number of ether oxygens (including phenoxy) is 1. The third-order valence-electron chi connectivity index (χ3n) is 1.77. The van der Waals surface area contributed by atoms with Gasteiger partial charge in [-0.2, -0.15) is 0 Å². The van der Waals surface area contributed by atoms with Gasteiger partial charge in [0.2, 0.25) is 0 Å². The van der Waals surface area contributed by atoms with Crippen molar-refractivity contribution in [1.82, 2.24) is 0 Å². The Kier molecular flexibility index (Phi) is 2.14. The smallest absolute Gasteiger partial charge is 0.187 e. The van der Waals surface area contributed by atoms with Crippen molar-refractivity contribution in [3.8, 4) is 0 Å². The van der Waals surface area contributed by atoms with Crippen LogP contribution in [-0.4, -0.2) is 17.5 Å². The highest BCUT2D eigenvalue weighted by atomic mass is 16.6. The van der Waals surface area contributed by atoms with Crippen LogP contribution < -0.4 is 0 Å². The Morgan fingerprint density at radius 3 is 2.55 bits per heavy atom. The van der Waals surface area contributed by atoms with E-state index in [1.165, 1.54) is 0 Å². The number of hydrogen-bond donors (Lipinski definition) is 0. The predicted molar refractivity (Wildman–Crippen MR) is 43.4 cm³/mol. The Bertz CT molecular complexity index is 192. The lowest BCUT2D eigenvalue weighted by Gasteiger charge is -1.90. The third kappa shape index (κ3) is 1.90. The Morgan fingerprint density at radius 1 is 1.64 bits per heavy atom. The minimum absolute atomic E-state index is 0.0943. The van der Waals surface area contributed by atoms with E-state index in [4.69, 9.17) is 4.74 Å².